The molecule has 0 aliphatic heterocycles. The summed E-state index contributed by atoms with van der Waals surface area (Å²) in [6.07, 6.45) is 1.63. The fraction of sp³-hybridized carbons (Fsp3) is 0.160. The molecule has 0 saturated heterocycles. The second kappa shape index (κ2) is 9.78. The number of rotatable bonds is 8. The lowest BCUT2D eigenvalue weighted by molar-refractivity contribution is -0.122. The topological polar surface area (TPSA) is 81.9 Å². The predicted molar refractivity (Wildman–Crippen MR) is 122 cm³/mol. The van der Waals surface area contributed by atoms with Crippen LogP contribution in [0.2, 0.25) is 0 Å². The normalized spacial score (nSPS) is 11.7. The van der Waals surface area contributed by atoms with E-state index in [4.69, 9.17) is 9.47 Å². The zero-order chi connectivity index (χ0) is 22.3. The summed E-state index contributed by atoms with van der Waals surface area (Å²) in [6, 6.07) is 23.1. The number of carbonyl (C=O) groups excluding carboxylic acids is 1. The van der Waals surface area contributed by atoms with Crippen LogP contribution in [-0.4, -0.2) is 21.4 Å². The van der Waals surface area contributed by atoms with E-state index >= 15 is 0 Å². The number of hydrogen-bond acceptors (Lipinski definition) is 5. The molecule has 162 valence electrons. The molecule has 0 bridgehead atoms. The van der Waals surface area contributed by atoms with Crippen LogP contribution >= 0.6 is 0 Å². The summed E-state index contributed by atoms with van der Waals surface area (Å²) >= 11 is 0. The highest BCUT2D eigenvalue weighted by molar-refractivity contribution is 5.94. The Morgan fingerprint density at radius 1 is 1.00 bits per heavy atom. The van der Waals surface area contributed by atoms with E-state index in [-0.39, 0.29) is 18.1 Å². The quantitative estimate of drug-likeness (QED) is 0.457. The molecule has 0 saturated carbocycles. The second-order valence-electron chi connectivity index (χ2n) is 7.14. The number of nitrogens with zero attached hydrogens (tertiary/aromatic N) is 2. The molecule has 1 N–H and O–H groups in total. The Morgan fingerprint density at radius 2 is 1.75 bits per heavy atom. The molecule has 0 aliphatic carbocycles. The van der Waals surface area contributed by atoms with Gasteiger partial charge in [0.25, 0.3) is 11.5 Å². The fourth-order valence-electron chi connectivity index (χ4n) is 3.18. The molecular weight excluding hydrogens is 406 g/mol. The number of carbonyl (C=O) groups is 1. The highest BCUT2D eigenvalue weighted by Gasteiger charge is 2.18. The fourth-order valence-corrected chi connectivity index (χ4v) is 3.18. The Morgan fingerprint density at radius 3 is 2.50 bits per heavy atom. The van der Waals surface area contributed by atoms with Gasteiger partial charge >= 0.3 is 0 Å². The van der Waals surface area contributed by atoms with E-state index in [1.807, 2.05) is 43.3 Å². The van der Waals surface area contributed by atoms with Gasteiger partial charge in [-0.15, -0.1) is 0 Å². The third-order valence-corrected chi connectivity index (χ3v) is 4.82. The molecule has 2 heterocycles. The Bertz CT molecular complexity index is 1250. The number of amides is 1. The number of aromatic nitrogens is 2. The minimum Gasteiger partial charge on any atom is -0.487 e. The van der Waals surface area contributed by atoms with Crippen LogP contribution < -0.4 is 20.3 Å². The van der Waals surface area contributed by atoms with Gasteiger partial charge in [0.15, 0.2) is 6.10 Å². The number of ether oxygens (including phenoxy) is 2. The summed E-state index contributed by atoms with van der Waals surface area (Å²) in [4.78, 5) is 29.2. The smallest absolute Gasteiger partial charge is 0.265 e. The standard InChI is InChI=1S/C25H23N3O4/c1-2-22(32-21-8-4-3-5-9-21)25(30)27-18-11-13-20(14-12-18)31-17-19-16-24(29)28-15-7-6-10-23(28)26-19/h3-16,22H,2,17H2,1H3,(H,27,30)/t22-/m0/s1. The van der Waals surface area contributed by atoms with Crippen LogP contribution in [0.15, 0.2) is 89.9 Å². The van der Waals surface area contributed by atoms with Crippen molar-refractivity contribution in [2.24, 2.45) is 0 Å². The molecule has 7 nitrogen and oxygen atoms in total. The average Bonchev–Trinajstić information content (AvgIpc) is 2.83. The number of para-hydroxylation sites is 1. The van der Waals surface area contributed by atoms with E-state index in [1.54, 1.807) is 42.6 Å². The molecule has 4 aromatic rings. The molecular formula is C25H23N3O4. The van der Waals surface area contributed by atoms with Crippen molar-refractivity contribution in [2.75, 3.05) is 5.32 Å². The van der Waals surface area contributed by atoms with Crippen LogP contribution in [0, 0.1) is 0 Å². The van der Waals surface area contributed by atoms with Crippen LogP contribution in [0.25, 0.3) is 5.65 Å². The maximum atomic E-state index is 12.6. The zero-order valence-corrected chi connectivity index (χ0v) is 17.6. The van der Waals surface area contributed by atoms with Gasteiger partial charge in [0.2, 0.25) is 0 Å². The molecule has 0 aliphatic rings. The molecule has 7 heteroatoms. The van der Waals surface area contributed by atoms with Crippen molar-refractivity contribution < 1.29 is 14.3 Å². The van der Waals surface area contributed by atoms with Crippen molar-refractivity contribution >= 4 is 17.2 Å². The first-order valence-electron chi connectivity index (χ1n) is 10.3. The maximum absolute atomic E-state index is 12.6. The third kappa shape index (κ3) is 5.13. The number of fused-ring (bicyclic) bond motifs is 1. The monoisotopic (exact) mass is 429 g/mol. The molecule has 0 spiro atoms. The van der Waals surface area contributed by atoms with E-state index in [1.165, 1.54) is 10.5 Å². The number of pyridine rings is 1. The summed E-state index contributed by atoms with van der Waals surface area (Å²) < 4.78 is 13.0. The van der Waals surface area contributed by atoms with Crippen molar-refractivity contribution in [3.05, 3.63) is 101 Å². The average molecular weight is 429 g/mol. The zero-order valence-electron chi connectivity index (χ0n) is 17.6. The van der Waals surface area contributed by atoms with Crippen LogP contribution in [0.4, 0.5) is 5.69 Å². The van der Waals surface area contributed by atoms with E-state index in [0.717, 1.165) is 0 Å². The van der Waals surface area contributed by atoms with Gasteiger partial charge in [0.05, 0.1) is 5.69 Å². The molecule has 0 fully saturated rings. The predicted octanol–water partition coefficient (Wildman–Crippen LogP) is 4.07. The van der Waals surface area contributed by atoms with Gasteiger partial charge in [-0.05, 0) is 55.0 Å². The number of hydrogen-bond donors (Lipinski definition) is 1. The lowest BCUT2D eigenvalue weighted by Gasteiger charge is -2.17. The van der Waals surface area contributed by atoms with Crippen molar-refractivity contribution in [2.45, 2.75) is 26.1 Å². The van der Waals surface area contributed by atoms with Crippen LogP contribution in [0.5, 0.6) is 11.5 Å². The lowest BCUT2D eigenvalue weighted by Crippen LogP contribution is -2.32. The SMILES string of the molecule is CC[C@H](Oc1ccccc1)C(=O)Nc1ccc(OCc2cc(=O)n3ccccc3n2)cc1. The van der Waals surface area contributed by atoms with Gasteiger partial charge in [-0.2, -0.15) is 0 Å². The first-order valence-corrected chi connectivity index (χ1v) is 10.3. The summed E-state index contributed by atoms with van der Waals surface area (Å²) in [5.41, 5.74) is 1.59. The van der Waals surface area contributed by atoms with Gasteiger partial charge in [-0.1, -0.05) is 31.2 Å². The number of nitrogens with one attached hydrogen (secondary N) is 1. The molecule has 2 aromatic carbocycles. The molecule has 0 radical (unpaired) electrons. The molecule has 32 heavy (non-hydrogen) atoms. The van der Waals surface area contributed by atoms with Gasteiger partial charge in [-0.25, -0.2) is 4.98 Å². The Kier molecular flexibility index (Phi) is 6.46. The Balaban J connectivity index is 1.35. The Hall–Kier alpha value is -4.13. The Labute approximate surface area is 185 Å². The summed E-state index contributed by atoms with van der Waals surface area (Å²) in [7, 11) is 0. The van der Waals surface area contributed by atoms with Gasteiger partial charge in [-0.3, -0.25) is 14.0 Å². The number of benzene rings is 2. The molecule has 2 aromatic heterocycles. The molecule has 0 unspecified atom stereocenters. The van der Waals surface area contributed by atoms with E-state index < -0.39 is 6.10 Å². The second-order valence-corrected chi connectivity index (χ2v) is 7.14. The molecule has 1 amide bonds. The summed E-state index contributed by atoms with van der Waals surface area (Å²) in [5.74, 6) is 1.04. The van der Waals surface area contributed by atoms with Crippen molar-refractivity contribution in [3.63, 3.8) is 0 Å². The van der Waals surface area contributed by atoms with Gasteiger partial charge < -0.3 is 14.8 Å². The van der Waals surface area contributed by atoms with Crippen molar-refractivity contribution in [1.29, 1.82) is 0 Å². The van der Waals surface area contributed by atoms with E-state index in [0.29, 0.717) is 34.9 Å². The number of anilines is 1. The van der Waals surface area contributed by atoms with E-state index in [9.17, 15) is 9.59 Å². The third-order valence-electron chi connectivity index (χ3n) is 4.82. The van der Waals surface area contributed by atoms with E-state index in [2.05, 4.69) is 10.3 Å². The summed E-state index contributed by atoms with van der Waals surface area (Å²) in [6.45, 7) is 2.06. The van der Waals surface area contributed by atoms with Crippen LogP contribution in [0.3, 0.4) is 0 Å². The largest absolute Gasteiger partial charge is 0.487 e. The van der Waals surface area contributed by atoms with Gasteiger partial charge in [0, 0.05) is 18.0 Å². The first-order chi connectivity index (χ1) is 15.6. The molecule has 4 rings (SSSR count). The minimum atomic E-state index is -0.591. The van der Waals surface area contributed by atoms with Crippen LogP contribution in [-0.2, 0) is 11.4 Å². The van der Waals surface area contributed by atoms with Crippen molar-refractivity contribution in [1.82, 2.24) is 9.38 Å². The first kappa shape index (κ1) is 21.1. The van der Waals surface area contributed by atoms with Crippen LogP contribution in [0.1, 0.15) is 19.0 Å². The van der Waals surface area contributed by atoms with Crippen molar-refractivity contribution in [3.8, 4) is 11.5 Å². The maximum Gasteiger partial charge on any atom is 0.265 e. The minimum absolute atomic E-state index is 0.157. The highest BCUT2D eigenvalue weighted by Crippen LogP contribution is 2.18. The molecule has 1 atom stereocenters. The summed E-state index contributed by atoms with van der Waals surface area (Å²) in [5, 5.41) is 2.87. The van der Waals surface area contributed by atoms with Gasteiger partial charge in [0.1, 0.15) is 23.8 Å². The highest BCUT2D eigenvalue weighted by atomic mass is 16.5. The lowest BCUT2D eigenvalue weighted by atomic mass is 10.2.